The van der Waals surface area contributed by atoms with Crippen molar-refractivity contribution in [2.75, 3.05) is 14.2 Å². The number of allylic oxidation sites excluding steroid dienone is 2. The summed E-state index contributed by atoms with van der Waals surface area (Å²) in [7, 11) is 3.28. The lowest BCUT2D eigenvalue weighted by molar-refractivity contribution is 0.334. The molecule has 0 aromatic heterocycles. The average Bonchev–Trinajstić information content (AvgIpc) is 1.97. The molecule has 2 heteroatoms. The van der Waals surface area contributed by atoms with Gasteiger partial charge in [-0.25, -0.2) is 0 Å². The van der Waals surface area contributed by atoms with Gasteiger partial charge in [0.15, 0.2) is 0 Å². The fourth-order valence-electron chi connectivity index (χ4n) is 0.521. The van der Waals surface area contributed by atoms with Crippen LogP contribution in [0.5, 0.6) is 0 Å². The molecule has 0 aromatic carbocycles. The third-order valence-electron chi connectivity index (χ3n) is 0.965. The molecule has 0 aliphatic heterocycles. The summed E-state index contributed by atoms with van der Waals surface area (Å²) < 4.78 is 9.42. The van der Waals surface area contributed by atoms with Gasteiger partial charge >= 0.3 is 0 Å². The van der Waals surface area contributed by atoms with Crippen LogP contribution >= 0.6 is 0 Å². The SMILES string of the molecule is CO/C=C\CC/C=C\OC. The Morgan fingerprint density at radius 3 is 1.60 bits per heavy atom. The Kier molecular flexibility index (Phi) is 7.34. The maximum atomic E-state index is 4.71. The molecule has 0 N–H and O–H groups in total. The third-order valence-corrected chi connectivity index (χ3v) is 0.965. The van der Waals surface area contributed by atoms with E-state index in [0.29, 0.717) is 0 Å². The van der Waals surface area contributed by atoms with Crippen molar-refractivity contribution in [1.82, 2.24) is 0 Å². The summed E-state index contributed by atoms with van der Waals surface area (Å²) in [4.78, 5) is 0. The Hall–Kier alpha value is -0.920. The highest BCUT2D eigenvalue weighted by Crippen LogP contribution is 1.92. The fourth-order valence-corrected chi connectivity index (χ4v) is 0.521. The Balaban J connectivity index is 3.04. The van der Waals surface area contributed by atoms with Crippen molar-refractivity contribution in [2.45, 2.75) is 12.8 Å². The van der Waals surface area contributed by atoms with Crippen LogP contribution in [-0.4, -0.2) is 14.2 Å². The van der Waals surface area contributed by atoms with E-state index in [2.05, 4.69) is 0 Å². The van der Waals surface area contributed by atoms with E-state index in [1.165, 1.54) is 0 Å². The van der Waals surface area contributed by atoms with E-state index in [9.17, 15) is 0 Å². The highest BCUT2D eigenvalue weighted by Gasteiger charge is 1.74. The molecule has 0 aliphatic rings. The lowest BCUT2D eigenvalue weighted by Gasteiger charge is -1.87. The largest absolute Gasteiger partial charge is 0.505 e. The molecular weight excluding hydrogens is 128 g/mol. The topological polar surface area (TPSA) is 18.5 Å². The van der Waals surface area contributed by atoms with E-state index in [1.807, 2.05) is 12.2 Å². The summed E-state index contributed by atoms with van der Waals surface area (Å²) in [5.74, 6) is 0. The number of ether oxygens (including phenoxy) is 2. The van der Waals surface area contributed by atoms with Crippen molar-refractivity contribution < 1.29 is 9.47 Å². The second kappa shape index (κ2) is 8.08. The Morgan fingerprint density at radius 2 is 1.30 bits per heavy atom. The smallest absolute Gasteiger partial charge is 0.0784 e. The Bertz CT molecular complexity index is 91.8. The third kappa shape index (κ3) is 7.08. The van der Waals surface area contributed by atoms with Crippen LogP contribution in [0.4, 0.5) is 0 Å². The van der Waals surface area contributed by atoms with Crippen LogP contribution in [0.25, 0.3) is 0 Å². The van der Waals surface area contributed by atoms with Crippen molar-refractivity contribution in [3.05, 3.63) is 24.7 Å². The van der Waals surface area contributed by atoms with E-state index < -0.39 is 0 Å². The van der Waals surface area contributed by atoms with Gasteiger partial charge in [0.25, 0.3) is 0 Å². The molecule has 10 heavy (non-hydrogen) atoms. The molecule has 2 nitrogen and oxygen atoms in total. The zero-order chi connectivity index (χ0) is 7.66. The predicted molar refractivity (Wildman–Crippen MR) is 41.5 cm³/mol. The number of hydrogen-bond acceptors (Lipinski definition) is 2. The minimum absolute atomic E-state index is 0.994. The molecule has 0 aliphatic carbocycles. The van der Waals surface area contributed by atoms with Crippen LogP contribution in [0, 0.1) is 0 Å². The molecule has 0 radical (unpaired) electrons. The lowest BCUT2D eigenvalue weighted by atomic mass is 10.3. The molecule has 0 unspecified atom stereocenters. The number of hydrogen-bond donors (Lipinski definition) is 0. The summed E-state index contributed by atoms with van der Waals surface area (Å²) in [6, 6.07) is 0. The average molecular weight is 142 g/mol. The number of methoxy groups -OCH3 is 2. The fraction of sp³-hybridized carbons (Fsp3) is 0.500. The lowest BCUT2D eigenvalue weighted by Crippen LogP contribution is -1.69. The van der Waals surface area contributed by atoms with Crippen molar-refractivity contribution in [3.8, 4) is 0 Å². The second-order valence-electron chi connectivity index (χ2n) is 1.79. The maximum Gasteiger partial charge on any atom is 0.0784 e. The molecule has 0 fully saturated rings. The molecular formula is C8H14O2. The molecule has 0 saturated heterocycles. The maximum absolute atomic E-state index is 4.71. The van der Waals surface area contributed by atoms with Gasteiger partial charge in [-0.1, -0.05) is 0 Å². The van der Waals surface area contributed by atoms with Gasteiger partial charge in [-0.15, -0.1) is 0 Å². The molecule has 0 bridgehead atoms. The van der Waals surface area contributed by atoms with Crippen LogP contribution in [0.3, 0.4) is 0 Å². The van der Waals surface area contributed by atoms with Gasteiger partial charge in [0.2, 0.25) is 0 Å². The van der Waals surface area contributed by atoms with Gasteiger partial charge in [0, 0.05) is 0 Å². The van der Waals surface area contributed by atoms with Crippen LogP contribution in [0.2, 0.25) is 0 Å². The van der Waals surface area contributed by atoms with E-state index >= 15 is 0 Å². The van der Waals surface area contributed by atoms with E-state index in [4.69, 9.17) is 9.47 Å². The highest BCUT2D eigenvalue weighted by molar-refractivity contribution is 4.80. The molecule has 0 heterocycles. The zero-order valence-electron chi connectivity index (χ0n) is 6.54. The number of rotatable bonds is 5. The minimum Gasteiger partial charge on any atom is -0.505 e. The van der Waals surface area contributed by atoms with Crippen molar-refractivity contribution in [1.29, 1.82) is 0 Å². The van der Waals surface area contributed by atoms with E-state index in [1.54, 1.807) is 26.7 Å². The van der Waals surface area contributed by atoms with Gasteiger partial charge in [0.1, 0.15) is 0 Å². The van der Waals surface area contributed by atoms with Crippen LogP contribution in [0.15, 0.2) is 24.7 Å². The summed E-state index contributed by atoms with van der Waals surface area (Å²) in [5, 5.41) is 0. The molecule has 0 aromatic rings. The first-order chi connectivity index (χ1) is 4.91. The Morgan fingerprint density at radius 1 is 0.900 bits per heavy atom. The number of unbranched alkanes of at least 4 members (excludes halogenated alkanes) is 1. The van der Waals surface area contributed by atoms with Gasteiger partial charge < -0.3 is 9.47 Å². The first kappa shape index (κ1) is 9.08. The Labute approximate surface area is 62.1 Å². The van der Waals surface area contributed by atoms with Crippen LogP contribution < -0.4 is 0 Å². The van der Waals surface area contributed by atoms with Gasteiger partial charge in [-0.3, -0.25) is 0 Å². The minimum atomic E-state index is 0.994. The zero-order valence-corrected chi connectivity index (χ0v) is 6.54. The highest BCUT2D eigenvalue weighted by atomic mass is 16.5. The predicted octanol–water partition coefficient (Wildman–Crippen LogP) is 2.09. The van der Waals surface area contributed by atoms with Gasteiger partial charge in [-0.05, 0) is 25.0 Å². The first-order valence-electron chi connectivity index (χ1n) is 3.27. The van der Waals surface area contributed by atoms with Crippen LogP contribution in [-0.2, 0) is 9.47 Å². The normalized spacial score (nSPS) is 11.0. The molecule has 0 rings (SSSR count). The van der Waals surface area contributed by atoms with Gasteiger partial charge in [-0.2, -0.15) is 0 Å². The molecule has 0 amide bonds. The van der Waals surface area contributed by atoms with Crippen LogP contribution in [0.1, 0.15) is 12.8 Å². The molecule has 58 valence electrons. The van der Waals surface area contributed by atoms with Crippen molar-refractivity contribution in [3.63, 3.8) is 0 Å². The molecule has 0 atom stereocenters. The summed E-state index contributed by atoms with van der Waals surface area (Å²) in [5.41, 5.74) is 0. The van der Waals surface area contributed by atoms with Crippen molar-refractivity contribution >= 4 is 0 Å². The monoisotopic (exact) mass is 142 g/mol. The molecule has 0 saturated carbocycles. The first-order valence-corrected chi connectivity index (χ1v) is 3.27. The van der Waals surface area contributed by atoms with Gasteiger partial charge in [0.05, 0.1) is 26.7 Å². The summed E-state index contributed by atoms with van der Waals surface area (Å²) in [6.07, 6.45) is 9.29. The van der Waals surface area contributed by atoms with Crippen molar-refractivity contribution in [2.24, 2.45) is 0 Å². The molecule has 0 spiro atoms. The van der Waals surface area contributed by atoms with E-state index in [-0.39, 0.29) is 0 Å². The summed E-state index contributed by atoms with van der Waals surface area (Å²) >= 11 is 0. The quantitative estimate of drug-likeness (QED) is 0.432. The summed E-state index contributed by atoms with van der Waals surface area (Å²) in [6.45, 7) is 0. The van der Waals surface area contributed by atoms with E-state index in [0.717, 1.165) is 12.8 Å². The standard InChI is InChI=1S/C8H14O2/c1-9-7-5-3-4-6-8-10-2/h5-8H,3-4H2,1-2H3/b7-5-,8-6-. The second-order valence-corrected chi connectivity index (χ2v) is 1.79.